The number of carbonyl (C=O) groups excluding carboxylic acids is 1. The lowest BCUT2D eigenvalue weighted by molar-refractivity contribution is 0.0526. The van der Waals surface area contributed by atoms with Gasteiger partial charge in [0.2, 0.25) is 0 Å². The number of nitrogens with zero attached hydrogens (tertiary/aromatic N) is 1. The summed E-state index contributed by atoms with van der Waals surface area (Å²) in [5.74, 6) is -0.323. The predicted molar refractivity (Wildman–Crippen MR) is 129 cm³/mol. The number of esters is 1. The Kier molecular flexibility index (Phi) is 5.58. The molecule has 0 aromatic heterocycles. The summed E-state index contributed by atoms with van der Waals surface area (Å²) in [7, 11) is 0. The van der Waals surface area contributed by atoms with Crippen LogP contribution in [0.15, 0.2) is 59.8 Å². The molecule has 1 aliphatic carbocycles. The molecule has 0 unspecified atom stereocenters. The van der Waals surface area contributed by atoms with Gasteiger partial charge in [-0.1, -0.05) is 63.2 Å². The zero-order chi connectivity index (χ0) is 23.1. The van der Waals surface area contributed by atoms with E-state index in [9.17, 15) is 10.0 Å². The van der Waals surface area contributed by atoms with Gasteiger partial charge < -0.3 is 9.94 Å². The van der Waals surface area contributed by atoms with Gasteiger partial charge in [-0.05, 0) is 76.8 Å². The first kappa shape index (κ1) is 22.1. The van der Waals surface area contributed by atoms with E-state index in [4.69, 9.17) is 4.74 Å². The normalized spacial score (nSPS) is 17.1. The minimum atomic E-state index is -0.323. The summed E-state index contributed by atoms with van der Waals surface area (Å²) in [6.45, 7) is 11.3. The van der Waals surface area contributed by atoms with E-state index < -0.39 is 0 Å². The van der Waals surface area contributed by atoms with Crippen molar-refractivity contribution in [2.45, 2.75) is 58.3 Å². The minimum absolute atomic E-state index is 0.0777. The van der Waals surface area contributed by atoms with Gasteiger partial charge in [0.15, 0.2) is 0 Å². The van der Waals surface area contributed by atoms with Crippen LogP contribution < -0.4 is 0 Å². The number of carbonyl (C=O) groups is 1. The maximum atomic E-state index is 12.0. The van der Waals surface area contributed by atoms with E-state index in [2.05, 4.69) is 51.0 Å². The molecule has 4 rings (SSSR count). The third kappa shape index (κ3) is 3.90. The first-order valence-corrected chi connectivity index (χ1v) is 11.2. The van der Waals surface area contributed by atoms with Gasteiger partial charge in [-0.2, -0.15) is 0 Å². The highest BCUT2D eigenvalue weighted by molar-refractivity contribution is 6.14. The van der Waals surface area contributed by atoms with Gasteiger partial charge in [0, 0.05) is 11.1 Å². The van der Waals surface area contributed by atoms with Crippen LogP contribution in [0.4, 0.5) is 0 Å². The van der Waals surface area contributed by atoms with Crippen LogP contribution >= 0.6 is 0 Å². The van der Waals surface area contributed by atoms with Gasteiger partial charge in [-0.3, -0.25) is 0 Å². The Morgan fingerprint density at radius 2 is 1.38 bits per heavy atom. The SMILES string of the molecule is CCOC(=O)c1ccc2cc(C(=NO)c3ccc4c(c3)C(C)(C)CCC4(C)C)ccc2c1. The predicted octanol–water partition coefficient (Wildman–Crippen LogP) is 6.59. The Labute approximate surface area is 189 Å². The van der Waals surface area contributed by atoms with Crippen molar-refractivity contribution >= 4 is 22.5 Å². The highest BCUT2D eigenvalue weighted by Gasteiger charge is 2.37. The molecular weight excluding hydrogens is 398 g/mol. The Balaban J connectivity index is 1.74. The topological polar surface area (TPSA) is 58.9 Å². The monoisotopic (exact) mass is 429 g/mol. The lowest BCUT2D eigenvalue weighted by Gasteiger charge is -2.42. The summed E-state index contributed by atoms with van der Waals surface area (Å²) in [6.07, 6.45) is 2.28. The number of fused-ring (bicyclic) bond motifs is 2. The van der Waals surface area contributed by atoms with Crippen molar-refractivity contribution in [2.24, 2.45) is 5.16 Å². The average molecular weight is 430 g/mol. The van der Waals surface area contributed by atoms with E-state index in [-0.39, 0.29) is 16.8 Å². The molecule has 0 spiro atoms. The zero-order valence-corrected chi connectivity index (χ0v) is 19.5. The fourth-order valence-corrected chi connectivity index (χ4v) is 4.75. The molecule has 1 N–H and O–H groups in total. The summed E-state index contributed by atoms with van der Waals surface area (Å²) in [5.41, 5.74) is 5.72. The van der Waals surface area contributed by atoms with E-state index in [0.29, 0.717) is 17.9 Å². The van der Waals surface area contributed by atoms with Gasteiger partial charge >= 0.3 is 5.97 Å². The van der Waals surface area contributed by atoms with Crippen molar-refractivity contribution in [3.8, 4) is 0 Å². The molecule has 3 aromatic carbocycles. The largest absolute Gasteiger partial charge is 0.462 e. The van der Waals surface area contributed by atoms with Crippen LogP contribution in [0.1, 0.15) is 80.1 Å². The van der Waals surface area contributed by atoms with Crippen LogP contribution in [-0.2, 0) is 15.6 Å². The number of ether oxygens (including phenoxy) is 1. The standard InChI is InChI=1S/C28H31NO3/c1-6-32-26(30)22-10-8-18-15-20(9-7-19(18)16-22)25(29-31)21-11-12-23-24(17-21)28(4,5)14-13-27(23,2)3/h7-12,15-17,31H,6,13-14H2,1-5H3. The lowest BCUT2D eigenvalue weighted by Crippen LogP contribution is -2.34. The van der Waals surface area contributed by atoms with Crippen molar-refractivity contribution in [1.82, 2.24) is 0 Å². The number of hydrogen-bond donors (Lipinski definition) is 1. The summed E-state index contributed by atoms with van der Waals surface area (Å²) >= 11 is 0. The summed E-state index contributed by atoms with van der Waals surface area (Å²) in [5, 5.41) is 15.5. The van der Waals surface area contributed by atoms with Crippen LogP contribution in [0.3, 0.4) is 0 Å². The van der Waals surface area contributed by atoms with E-state index in [1.165, 1.54) is 11.1 Å². The molecule has 0 saturated carbocycles. The first-order chi connectivity index (χ1) is 15.2. The molecule has 4 heteroatoms. The van der Waals surface area contributed by atoms with Crippen LogP contribution in [0.25, 0.3) is 10.8 Å². The van der Waals surface area contributed by atoms with E-state index in [0.717, 1.165) is 34.7 Å². The molecule has 0 aliphatic heterocycles. The second kappa shape index (κ2) is 8.09. The maximum absolute atomic E-state index is 12.0. The Morgan fingerprint density at radius 3 is 2.00 bits per heavy atom. The molecule has 1 aliphatic rings. The minimum Gasteiger partial charge on any atom is -0.462 e. The third-order valence-electron chi connectivity index (χ3n) is 6.85. The Hall–Kier alpha value is -3.14. The molecule has 3 aromatic rings. The van der Waals surface area contributed by atoms with Crippen LogP contribution in [0.5, 0.6) is 0 Å². The van der Waals surface area contributed by atoms with Crippen molar-refractivity contribution in [3.63, 3.8) is 0 Å². The first-order valence-electron chi connectivity index (χ1n) is 11.2. The quantitative estimate of drug-likeness (QED) is 0.220. The fourth-order valence-electron chi connectivity index (χ4n) is 4.75. The molecule has 0 radical (unpaired) electrons. The summed E-state index contributed by atoms with van der Waals surface area (Å²) < 4.78 is 5.10. The summed E-state index contributed by atoms with van der Waals surface area (Å²) in [6, 6.07) is 17.8. The molecule has 166 valence electrons. The lowest BCUT2D eigenvalue weighted by atomic mass is 9.63. The van der Waals surface area contributed by atoms with Crippen molar-refractivity contribution in [3.05, 3.63) is 82.4 Å². The van der Waals surface area contributed by atoms with Crippen molar-refractivity contribution in [2.75, 3.05) is 6.61 Å². The third-order valence-corrected chi connectivity index (χ3v) is 6.85. The second-order valence-corrected chi connectivity index (χ2v) is 9.97. The van der Waals surface area contributed by atoms with Gasteiger partial charge in [-0.15, -0.1) is 0 Å². The van der Waals surface area contributed by atoms with Crippen LogP contribution in [0.2, 0.25) is 0 Å². The number of hydrogen-bond acceptors (Lipinski definition) is 4. The molecule has 32 heavy (non-hydrogen) atoms. The number of oxime groups is 1. The summed E-state index contributed by atoms with van der Waals surface area (Å²) in [4.78, 5) is 12.0. The van der Waals surface area contributed by atoms with Gasteiger partial charge in [0.1, 0.15) is 5.71 Å². The molecule has 0 saturated heterocycles. The van der Waals surface area contributed by atoms with Crippen LogP contribution in [-0.4, -0.2) is 23.5 Å². The Bertz CT molecular complexity index is 1220. The molecule has 0 heterocycles. The van der Waals surface area contributed by atoms with E-state index in [1.807, 2.05) is 30.3 Å². The molecule has 0 fully saturated rings. The maximum Gasteiger partial charge on any atom is 0.338 e. The average Bonchev–Trinajstić information content (AvgIpc) is 2.77. The van der Waals surface area contributed by atoms with Crippen molar-refractivity contribution < 1.29 is 14.7 Å². The van der Waals surface area contributed by atoms with Crippen LogP contribution in [0, 0.1) is 0 Å². The number of benzene rings is 3. The molecular formula is C28H31NO3. The molecule has 0 bridgehead atoms. The fraction of sp³-hybridized carbons (Fsp3) is 0.357. The molecule has 0 amide bonds. The van der Waals surface area contributed by atoms with Gasteiger partial charge in [-0.25, -0.2) is 4.79 Å². The van der Waals surface area contributed by atoms with Gasteiger partial charge in [0.05, 0.1) is 12.2 Å². The molecule has 0 atom stereocenters. The Morgan fingerprint density at radius 1 is 0.844 bits per heavy atom. The highest BCUT2D eigenvalue weighted by Crippen LogP contribution is 2.46. The molecule has 4 nitrogen and oxygen atoms in total. The second-order valence-electron chi connectivity index (χ2n) is 9.97. The zero-order valence-electron chi connectivity index (χ0n) is 19.5. The highest BCUT2D eigenvalue weighted by atomic mass is 16.5. The smallest absolute Gasteiger partial charge is 0.338 e. The van der Waals surface area contributed by atoms with E-state index in [1.54, 1.807) is 13.0 Å². The van der Waals surface area contributed by atoms with E-state index >= 15 is 0 Å². The number of rotatable bonds is 4. The van der Waals surface area contributed by atoms with Crippen molar-refractivity contribution in [1.29, 1.82) is 0 Å². The van der Waals surface area contributed by atoms with Gasteiger partial charge in [0.25, 0.3) is 0 Å².